The molecule has 0 bridgehead atoms. The fourth-order valence-corrected chi connectivity index (χ4v) is 2.70. The van der Waals surface area contributed by atoms with Gasteiger partial charge in [0.1, 0.15) is 19.0 Å². The molecule has 2 aromatic rings. The van der Waals surface area contributed by atoms with Crippen LogP contribution in [0.2, 0.25) is 0 Å². The van der Waals surface area contributed by atoms with Crippen molar-refractivity contribution in [2.24, 2.45) is 0 Å². The molecule has 0 aliphatic carbocycles. The second-order valence-electron chi connectivity index (χ2n) is 5.69. The molecule has 0 unspecified atom stereocenters. The normalized spacial score (nSPS) is 12.6. The van der Waals surface area contributed by atoms with E-state index in [1.165, 1.54) is 0 Å². The predicted octanol–water partition coefficient (Wildman–Crippen LogP) is 2.63. The molecule has 1 aliphatic rings. The quantitative estimate of drug-likeness (QED) is 0.917. The van der Waals surface area contributed by atoms with Gasteiger partial charge in [0.05, 0.1) is 13.5 Å². The molecule has 3 rings (SSSR count). The van der Waals surface area contributed by atoms with Gasteiger partial charge in [0.15, 0.2) is 11.5 Å². The van der Waals surface area contributed by atoms with E-state index in [2.05, 4.69) is 5.32 Å². The number of rotatable bonds is 5. The van der Waals surface area contributed by atoms with Crippen molar-refractivity contribution in [1.29, 1.82) is 0 Å². The van der Waals surface area contributed by atoms with Crippen LogP contribution in [0.25, 0.3) is 0 Å². The molecule has 0 saturated heterocycles. The van der Waals surface area contributed by atoms with Gasteiger partial charge in [-0.1, -0.05) is 18.2 Å². The van der Waals surface area contributed by atoms with Gasteiger partial charge in [-0.3, -0.25) is 4.79 Å². The van der Waals surface area contributed by atoms with Crippen molar-refractivity contribution in [2.75, 3.05) is 20.3 Å². The maximum absolute atomic E-state index is 12.2. The Kier molecular flexibility index (Phi) is 4.89. The summed E-state index contributed by atoms with van der Waals surface area (Å²) < 4.78 is 16.4. The zero-order valence-corrected chi connectivity index (χ0v) is 13.9. The minimum Gasteiger partial charge on any atom is -0.496 e. The molecule has 1 heterocycles. The second kappa shape index (κ2) is 7.25. The average Bonchev–Trinajstić information content (AvgIpc) is 2.60. The Hall–Kier alpha value is -2.69. The standard InChI is InChI=1S/C19H21NO4/c1-13-9-17-18(24-8-7-23-17)10-15(13)12-20-19(21)11-14-5-3-4-6-16(14)22-2/h3-6,9-10H,7-8,11-12H2,1-2H3,(H,20,21). The van der Waals surface area contributed by atoms with Gasteiger partial charge >= 0.3 is 0 Å². The van der Waals surface area contributed by atoms with Gasteiger partial charge in [-0.05, 0) is 36.2 Å². The number of carbonyl (C=O) groups excluding carboxylic acids is 1. The highest BCUT2D eigenvalue weighted by atomic mass is 16.6. The summed E-state index contributed by atoms with van der Waals surface area (Å²) in [4.78, 5) is 12.2. The van der Waals surface area contributed by atoms with Crippen molar-refractivity contribution < 1.29 is 19.0 Å². The molecule has 0 fully saturated rings. The molecule has 0 spiro atoms. The number of carbonyl (C=O) groups is 1. The van der Waals surface area contributed by atoms with E-state index in [0.717, 1.165) is 33.9 Å². The molecular weight excluding hydrogens is 306 g/mol. The van der Waals surface area contributed by atoms with Crippen molar-refractivity contribution in [3.05, 3.63) is 53.1 Å². The van der Waals surface area contributed by atoms with Gasteiger partial charge in [-0.2, -0.15) is 0 Å². The number of benzene rings is 2. The van der Waals surface area contributed by atoms with Crippen LogP contribution in [0.3, 0.4) is 0 Å². The second-order valence-corrected chi connectivity index (χ2v) is 5.69. The first kappa shape index (κ1) is 16.2. The average molecular weight is 327 g/mol. The largest absolute Gasteiger partial charge is 0.496 e. The number of ether oxygens (including phenoxy) is 3. The van der Waals surface area contributed by atoms with Crippen LogP contribution in [0.1, 0.15) is 16.7 Å². The summed E-state index contributed by atoms with van der Waals surface area (Å²) in [6.07, 6.45) is 0.285. The third kappa shape index (κ3) is 3.62. The molecule has 0 atom stereocenters. The molecule has 1 N–H and O–H groups in total. The number of aryl methyl sites for hydroxylation is 1. The molecule has 24 heavy (non-hydrogen) atoms. The van der Waals surface area contributed by atoms with Gasteiger partial charge in [0.2, 0.25) is 5.91 Å². The number of hydrogen-bond acceptors (Lipinski definition) is 4. The van der Waals surface area contributed by atoms with Gasteiger partial charge in [0.25, 0.3) is 0 Å². The molecular formula is C19H21NO4. The van der Waals surface area contributed by atoms with Crippen LogP contribution < -0.4 is 19.5 Å². The smallest absolute Gasteiger partial charge is 0.224 e. The van der Waals surface area contributed by atoms with Gasteiger partial charge in [-0.25, -0.2) is 0 Å². The lowest BCUT2D eigenvalue weighted by Gasteiger charge is -2.20. The third-order valence-electron chi connectivity index (χ3n) is 4.02. The molecule has 1 aliphatic heterocycles. The summed E-state index contributed by atoms with van der Waals surface area (Å²) in [6, 6.07) is 11.4. The number of nitrogens with one attached hydrogen (secondary N) is 1. The first-order chi connectivity index (χ1) is 11.7. The summed E-state index contributed by atoms with van der Waals surface area (Å²) in [5, 5.41) is 2.96. The SMILES string of the molecule is COc1ccccc1CC(=O)NCc1cc2c(cc1C)OCCO2. The molecule has 0 aromatic heterocycles. The molecule has 0 radical (unpaired) electrons. The number of fused-ring (bicyclic) bond motifs is 1. The first-order valence-corrected chi connectivity index (χ1v) is 7.95. The minimum atomic E-state index is -0.0474. The Bertz CT molecular complexity index is 742. The van der Waals surface area contributed by atoms with Crippen LogP contribution in [-0.2, 0) is 17.8 Å². The van der Waals surface area contributed by atoms with E-state index in [1.807, 2.05) is 43.3 Å². The fourth-order valence-electron chi connectivity index (χ4n) is 2.70. The van der Waals surface area contributed by atoms with Gasteiger partial charge in [0, 0.05) is 12.1 Å². The summed E-state index contributed by atoms with van der Waals surface area (Å²) >= 11 is 0. The lowest BCUT2D eigenvalue weighted by Crippen LogP contribution is -2.25. The van der Waals surface area contributed by atoms with E-state index >= 15 is 0 Å². The van der Waals surface area contributed by atoms with Crippen molar-refractivity contribution in [2.45, 2.75) is 19.9 Å². The van der Waals surface area contributed by atoms with Crippen LogP contribution in [0.4, 0.5) is 0 Å². The Morgan fingerprint density at radius 1 is 1.12 bits per heavy atom. The molecule has 5 heteroatoms. The lowest BCUT2D eigenvalue weighted by molar-refractivity contribution is -0.120. The maximum Gasteiger partial charge on any atom is 0.224 e. The van der Waals surface area contributed by atoms with E-state index in [9.17, 15) is 4.79 Å². The number of methoxy groups -OCH3 is 1. The summed E-state index contributed by atoms with van der Waals surface area (Å²) in [6.45, 7) is 3.58. The Morgan fingerprint density at radius 2 is 1.83 bits per heavy atom. The van der Waals surface area contributed by atoms with Crippen molar-refractivity contribution >= 4 is 5.91 Å². The molecule has 2 aromatic carbocycles. The molecule has 5 nitrogen and oxygen atoms in total. The Balaban J connectivity index is 1.64. The number of amides is 1. The Labute approximate surface area is 141 Å². The van der Waals surface area contributed by atoms with Crippen molar-refractivity contribution in [3.63, 3.8) is 0 Å². The van der Waals surface area contributed by atoms with Crippen molar-refractivity contribution in [1.82, 2.24) is 5.32 Å². The van der Waals surface area contributed by atoms with E-state index in [4.69, 9.17) is 14.2 Å². The summed E-state index contributed by atoms with van der Waals surface area (Å²) in [7, 11) is 1.61. The van der Waals surface area contributed by atoms with Gasteiger partial charge in [-0.15, -0.1) is 0 Å². The van der Waals surface area contributed by atoms with Crippen LogP contribution in [0, 0.1) is 6.92 Å². The fraction of sp³-hybridized carbons (Fsp3) is 0.316. The lowest BCUT2D eigenvalue weighted by atomic mass is 10.1. The summed E-state index contributed by atoms with van der Waals surface area (Å²) in [5.74, 6) is 2.18. The monoisotopic (exact) mass is 327 g/mol. The zero-order valence-electron chi connectivity index (χ0n) is 13.9. The topological polar surface area (TPSA) is 56.8 Å². The highest BCUT2D eigenvalue weighted by Crippen LogP contribution is 2.32. The van der Waals surface area contributed by atoms with Crippen LogP contribution in [0.5, 0.6) is 17.2 Å². The van der Waals surface area contributed by atoms with Gasteiger partial charge < -0.3 is 19.5 Å². The maximum atomic E-state index is 12.2. The highest BCUT2D eigenvalue weighted by Gasteiger charge is 2.15. The van der Waals surface area contributed by atoms with E-state index < -0.39 is 0 Å². The molecule has 1 amide bonds. The van der Waals surface area contributed by atoms with Crippen molar-refractivity contribution in [3.8, 4) is 17.2 Å². The van der Waals surface area contributed by atoms with Crippen LogP contribution in [-0.4, -0.2) is 26.2 Å². The highest BCUT2D eigenvalue weighted by molar-refractivity contribution is 5.79. The van der Waals surface area contributed by atoms with Crippen LogP contribution >= 0.6 is 0 Å². The number of para-hydroxylation sites is 1. The Morgan fingerprint density at radius 3 is 2.58 bits per heavy atom. The molecule has 126 valence electrons. The summed E-state index contributed by atoms with van der Waals surface area (Å²) in [5.41, 5.74) is 2.96. The predicted molar refractivity (Wildman–Crippen MR) is 90.7 cm³/mol. The van der Waals surface area contributed by atoms with E-state index in [1.54, 1.807) is 7.11 Å². The van der Waals surface area contributed by atoms with E-state index in [-0.39, 0.29) is 12.3 Å². The zero-order chi connectivity index (χ0) is 16.9. The third-order valence-corrected chi connectivity index (χ3v) is 4.02. The van der Waals surface area contributed by atoms with Crippen LogP contribution in [0.15, 0.2) is 36.4 Å². The molecule has 0 saturated carbocycles. The number of hydrogen-bond donors (Lipinski definition) is 1. The van der Waals surface area contributed by atoms with E-state index in [0.29, 0.717) is 19.8 Å². The minimum absolute atomic E-state index is 0.0474. The first-order valence-electron chi connectivity index (χ1n) is 7.95.